The summed E-state index contributed by atoms with van der Waals surface area (Å²) in [5, 5.41) is 8.10. The van der Waals surface area contributed by atoms with E-state index >= 15 is 0 Å². The largest absolute Gasteiger partial charge is 0.325 e. The van der Waals surface area contributed by atoms with E-state index in [1.807, 2.05) is 13.0 Å². The van der Waals surface area contributed by atoms with E-state index < -0.39 is 11.2 Å². The summed E-state index contributed by atoms with van der Waals surface area (Å²) >= 11 is 0. The van der Waals surface area contributed by atoms with E-state index in [2.05, 4.69) is 20.2 Å². The quantitative estimate of drug-likeness (QED) is 0.887. The number of H-pyrrole nitrogens is 2. The van der Waals surface area contributed by atoms with Crippen molar-refractivity contribution in [3.8, 4) is 11.3 Å². The lowest BCUT2D eigenvalue weighted by Crippen LogP contribution is -2.23. The lowest BCUT2D eigenvalue weighted by molar-refractivity contribution is 0.450. The van der Waals surface area contributed by atoms with Crippen molar-refractivity contribution in [2.75, 3.05) is 6.67 Å². The second-order valence-corrected chi connectivity index (χ2v) is 5.34. The maximum atomic E-state index is 12.4. The van der Waals surface area contributed by atoms with E-state index in [1.165, 1.54) is 6.20 Å². The summed E-state index contributed by atoms with van der Waals surface area (Å²) in [5.41, 5.74) is 1.42. The number of nitrogens with one attached hydrogen (secondary N) is 2. The van der Waals surface area contributed by atoms with E-state index in [1.54, 1.807) is 0 Å². The first-order valence-electron chi connectivity index (χ1n) is 6.82. The Hall–Kier alpha value is -2.31. The highest BCUT2D eigenvalue weighted by atomic mass is 19.1. The second-order valence-electron chi connectivity index (χ2n) is 5.34. The van der Waals surface area contributed by atoms with Crippen molar-refractivity contribution in [3.63, 3.8) is 0 Å². The molecule has 1 aliphatic rings. The van der Waals surface area contributed by atoms with Crippen molar-refractivity contribution in [3.05, 3.63) is 44.4 Å². The minimum absolute atomic E-state index is 0.269. The van der Waals surface area contributed by atoms with Crippen molar-refractivity contribution in [2.45, 2.75) is 25.7 Å². The number of alkyl halides is 1. The lowest BCUT2D eigenvalue weighted by atomic mass is 10.0. The first-order chi connectivity index (χ1) is 10.1. The standard InChI is InChI=1S/C14H15FN4O2/c1-7-9(10-4-8(10)2-3-15)5-12(19-18-7)11-6-16-14(21)17-13(11)20/h5-6,8,10H,2-4H2,1H3,(H2,16,17,20,21)/t8-,10-/m0/s1. The molecule has 1 saturated carbocycles. The van der Waals surface area contributed by atoms with Crippen LogP contribution in [0.4, 0.5) is 4.39 Å². The SMILES string of the molecule is Cc1nnc(-c2c[nH]c(=O)[nH]c2=O)cc1[C@H]1C[C@@H]1CCF. The van der Waals surface area contributed by atoms with Crippen molar-refractivity contribution in [1.29, 1.82) is 0 Å². The first kappa shape index (κ1) is 13.7. The smallest absolute Gasteiger partial charge is 0.313 e. The number of rotatable bonds is 4. The minimum atomic E-state index is -0.561. The van der Waals surface area contributed by atoms with E-state index in [0.717, 1.165) is 17.7 Å². The fraction of sp³-hybridized carbons (Fsp3) is 0.429. The van der Waals surface area contributed by atoms with Gasteiger partial charge in [-0.05, 0) is 43.2 Å². The molecule has 3 rings (SSSR count). The number of hydrogen-bond acceptors (Lipinski definition) is 4. The third-order valence-corrected chi connectivity index (χ3v) is 3.91. The predicted molar refractivity (Wildman–Crippen MR) is 74.9 cm³/mol. The van der Waals surface area contributed by atoms with E-state index in [9.17, 15) is 14.0 Å². The molecule has 0 bridgehead atoms. The van der Waals surface area contributed by atoms with Crippen molar-refractivity contribution >= 4 is 0 Å². The summed E-state index contributed by atoms with van der Waals surface area (Å²) in [6, 6.07) is 1.81. The third kappa shape index (κ3) is 2.63. The van der Waals surface area contributed by atoms with Crippen LogP contribution in [0.3, 0.4) is 0 Å². The molecule has 0 radical (unpaired) electrons. The molecule has 21 heavy (non-hydrogen) atoms. The van der Waals surface area contributed by atoms with Crippen molar-refractivity contribution in [1.82, 2.24) is 20.2 Å². The van der Waals surface area contributed by atoms with Gasteiger partial charge in [0.2, 0.25) is 0 Å². The Morgan fingerprint density at radius 2 is 2.19 bits per heavy atom. The Labute approximate surface area is 119 Å². The molecule has 2 atom stereocenters. The van der Waals surface area contributed by atoms with E-state index in [0.29, 0.717) is 18.0 Å². The first-order valence-corrected chi connectivity index (χ1v) is 6.82. The van der Waals surface area contributed by atoms with Crippen LogP contribution in [0.2, 0.25) is 0 Å². The fourth-order valence-electron chi connectivity index (χ4n) is 2.66. The summed E-state index contributed by atoms with van der Waals surface area (Å²) in [5.74, 6) is 0.636. The van der Waals surface area contributed by atoms with Gasteiger partial charge in [0.25, 0.3) is 5.56 Å². The number of aromatic amines is 2. The normalized spacial score (nSPS) is 20.5. The number of nitrogens with zero attached hydrogens (tertiary/aromatic N) is 2. The topological polar surface area (TPSA) is 91.5 Å². The second kappa shape index (κ2) is 5.23. The molecule has 0 aromatic carbocycles. The number of aryl methyl sites for hydroxylation is 1. The molecule has 2 N–H and O–H groups in total. The van der Waals surface area contributed by atoms with Crippen molar-refractivity contribution in [2.24, 2.45) is 5.92 Å². The number of aromatic nitrogens is 4. The summed E-state index contributed by atoms with van der Waals surface area (Å²) < 4.78 is 12.4. The Balaban J connectivity index is 1.98. The van der Waals surface area contributed by atoms with Crippen LogP contribution >= 0.6 is 0 Å². The molecule has 1 aliphatic carbocycles. The maximum absolute atomic E-state index is 12.4. The van der Waals surface area contributed by atoms with Gasteiger partial charge in [-0.2, -0.15) is 5.10 Å². The summed E-state index contributed by atoms with van der Waals surface area (Å²) in [6.45, 7) is 1.54. The molecule has 2 aromatic heterocycles. The Morgan fingerprint density at radius 3 is 2.90 bits per heavy atom. The highest BCUT2D eigenvalue weighted by Gasteiger charge is 2.39. The van der Waals surface area contributed by atoms with Gasteiger partial charge in [0.15, 0.2) is 0 Å². The van der Waals surface area contributed by atoms with Crippen LogP contribution < -0.4 is 11.2 Å². The molecule has 0 spiro atoms. The predicted octanol–water partition coefficient (Wildman–Crippen LogP) is 1.29. The van der Waals surface area contributed by atoms with E-state index in [-0.39, 0.29) is 18.2 Å². The average Bonchev–Trinajstić information content (AvgIpc) is 3.19. The molecule has 2 heterocycles. The van der Waals surface area contributed by atoms with Crippen molar-refractivity contribution < 1.29 is 4.39 Å². The highest BCUT2D eigenvalue weighted by molar-refractivity contribution is 5.57. The van der Waals surface area contributed by atoms with Crippen LogP contribution in [-0.2, 0) is 0 Å². The van der Waals surface area contributed by atoms with Gasteiger partial charge in [-0.25, -0.2) is 4.79 Å². The van der Waals surface area contributed by atoms with Gasteiger partial charge >= 0.3 is 5.69 Å². The summed E-state index contributed by atoms with van der Waals surface area (Å²) in [7, 11) is 0. The maximum Gasteiger partial charge on any atom is 0.325 e. The van der Waals surface area contributed by atoms with Gasteiger partial charge in [0, 0.05) is 6.20 Å². The molecule has 0 aliphatic heterocycles. The number of hydrogen-bond donors (Lipinski definition) is 2. The van der Waals surface area contributed by atoms with Gasteiger partial charge in [-0.1, -0.05) is 0 Å². The van der Waals surface area contributed by atoms with Crippen LogP contribution in [0.15, 0.2) is 21.9 Å². The monoisotopic (exact) mass is 290 g/mol. The van der Waals surface area contributed by atoms with Crippen LogP contribution in [0.25, 0.3) is 11.3 Å². The molecule has 0 amide bonds. The molecule has 7 heteroatoms. The average molecular weight is 290 g/mol. The molecule has 6 nitrogen and oxygen atoms in total. The highest BCUT2D eigenvalue weighted by Crippen LogP contribution is 2.50. The lowest BCUT2D eigenvalue weighted by Gasteiger charge is -2.06. The Kier molecular flexibility index (Phi) is 3.40. The molecule has 110 valence electrons. The molecule has 0 saturated heterocycles. The van der Waals surface area contributed by atoms with Gasteiger partial charge in [0.1, 0.15) is 5.69 Å². The molecule has 2 aromatic rings. The molecule has 1 fully saturated rings. The van der Waals surface area contributed by atoms with Crippen LogP contribution in [-0.4, -0.2) is 26.8 Å². The fourth-order valence-corrected chi connectivity index (χ4v) is 2.66. The molecule has 0 unspecified atom stereocenters. The summed E-state index contributed by atoms with van der Waals surface area (Å²) in [6.07, 6.45) is 2.83. The van der Waals surface area contributed by atoms with Crippen LogP contribution in [0, 0.1) is 12.8 Å². The van der Waals surface area contributed by atoms with Crippen LogP contribution in [0.1, 0.15) is 30.0 Å². The zero-order chi connectivity index (χ0) is 15.0. The van der Waals surface area contributed by atoms with E-state index in [4.69, 9.17) is 0 Å². The van der Waals surface area contributed by atoms with Gasteiger partial charge in [-0.15, -0.1) is 5.10 Å². The third-order valence-electron chi connectivity index (χ3n) is 3.91. The van der Waals surface area contributed by atoms with Gasteiger partial charge in [-0.3, -0.25) is 14.2 Å². The molecular weight excluding hydrogens is 275 g/mol. The molecular formula is C14H15FN4O2. The zero-order valence-corrected chi connectivity index (χ0v) is 11.5. The minimum Gasteiger partial charge on any atom is -0.313 e. The Morgan fingerprint density at radius 1 is 1.38 bits per heavy atom. The summed E-state index contributed by atoms with van der Waals surface area (Å²) in [4.78, 5) is 27.4. The van der Waals surface area contributed by atoms with Gasteiger partial charge < -0.3 is 4.98 Å². The Bertz CT molecular complexity index is 783. The zero-order valence-electron chi connectivity index (χ0n) is 11.5. The number of halogens is 1. The van der Waals surface area contributed by atoms with Gasteiger partial charge in [0.05, 0.1) is 17.9 Å². The van der Waals surface area contributed by atoms with Crippen LogP contribution in [0.5, 0.6) is 0 Å².